The van der Waals surface area contributed by atoms with Gasteiger partial charge in [0.25, 0.3) is 0 Å². The molecule has 0 fully saturated rings. The van der Waals surface area contributed by atoms with Gasteiger partial charge in [0, 0.05) is 0 Å². The van der Waals surface area contributed by atoms with E-state index in [1.807, 2.05) is 12.1 Å². The fraction of sp³-hybridized carbons (Fsp3) is 0.562. The summed E-state index contributed by atoms with van der Waals surface area (Å²) in [6.07, 6.45) is 0. The van der Waals surface area contributed by atoms with Crippen molar-refractivity contribution in [1.29, 1.82) is 0 Å². The van der Waals surface area contributed by atoms with Crippen molar-refractivity contribution < 1.29 is 14.3 Å². The Morgan fingerprint density at radius 3 is 2.35 bits per heavy atom. The van der Waals surface area contributed by atoms with E-state index in [2.05, 4.69) is 32.9 Å². The van der Waals surface area contributed by atoms with Crippen LogP contribution in [-0.2, 0) is 19.7 Å². The highest BCUT2D eigenvalue weighted by molar-refractivity contribution is 5.70. The molecule has 0 saturated carbocycles. The highest BCUT2D eigenvalue weighted by Gasteiger charge is 2.14. The molecule has 4 heteroatoms. The zero-order valence-corrected chi connectivity index (χ0v) is 12.8. The zero-order valence-electron chi connectivity index (χ0n) is 12.8. The summed E-state index contributed by atoms with van der Waals surface area (Å²) < 4.78 is 10.0. The van der Waals surface area contributed by atoms with Gasteiger partial charge < -0.3 is 15.2 Å². The van der Waals surface area contributed by atoms with Crippen molar-refractivity contribution in [3.63, 3.8) is 0 Å². The number of ether oxygens (including phenoxy) is 2. The van der Waals surface area contributed by atoms with Crippen LogP contribution in [-0.4, -0.2) is 25.8 Å². The first-order valence-corrected chi connectivity index (χ1v) is 6.94. The maximum Gasteiger partial charge on any atom is 0.332 e. The molecule has 112 valence electrons. The van der Waals surface area contributed by atoms with Crippen LogP contribution in [0, 0.1) is 0 Å². The Hall–Kier alpha value is -1.39. The molecular weight excluding hydrogens is 254 g/mol. The molecule has 20 heavy (non-hydrogen) atoms. The molecule has 1 unspecified atom stereocenters. The minimum atomic E-state index is -0.359. The Balaban J connectivity index is 2.48. The van der Waals surface area contributed by atoms with E-state index in [1.54, 1.807) is 6.92 Å². The molecule has 0 aliphatic heterocycles. The molecule has 2 N–H and O–H groups in total. The van der Waals surface area contributed by atoms with Crippen LogP contribution in [0.2, 0.25) is 0 Å². The van der Waals surface area contributed by atoms with Gasteiger partial charge in [0.05, 0.1) is 19.3 Å². The van der Waals surface area contributed by atoms with Crippen LogP contribution in [0.15, 0.2) is 24.3 Å². The lowest BCUT2D eigenvalue weighted by molar-refractivity contribution is -0.148. The number of hydrogen-bond acceptors (Lipinski definition) is 4. The molecule has 1 atom stereocenters. The van der Waals surface area contributed by atoms with Gasteiger partial charge in [0.2, 0.25) is 0 Å². The zero-order chi connectivity index (χ0) is 15.2. The average Bonchev–Trinajstić information content (AvgIpc) is 2.38. The van der Waals surface area contributed by atoms with Crippen molar-refractivity contribution in [2.45, 2.75) is 39.2 Å². The molecular formula is C16H25NO3. The lowest BCUT2D eigenvalue weighted by Crippen LogP contribution is -2.21. The van der Waals surface area contributed by atoms with Crippen LogP contribution in [0.4, 0.5) is 0 Å². The Morgan fingerprint density at radius 1 is 1.25 bits per heavy atom. The quantitative estimate of drug-likeness (QED) is 0.813. The first kappa shape index (κ1) is 16.7. The van der Waals surface area contributed by atoms with Gasteiger partial charge in [-0.3, -0.25) is 0 Å². The van der Waals surface area contributed by atoms with Crippen LogP contribution < -0.4 is 5.73 Å². The maximum atomic E-state index is 11.1. The van der Waals surface area contributed by atoms with E-state index >= 15 is 0 Å². The van der Waals surface area contributed by atoms with Gasteiger partial charge in [0.1, 0.15) is 6.61 Å². The summed E-state index contributed by atoms with van der Waals surface area (Å²) in [5.41, 5.74) is 8.43. The number of carbonyl (C=O) groups excluding carboxylic acids is 1. The third-order valence-electron chi connectivity index (χ3n) is 3.03. The summed E-state index contributed by atoms with van der Waals surface area (Å²) in [5.74, 6) is -0.359. The second kappa shape index (κ2) is 7.41. The normalized spacial score (nSPS) is 13.1. The average molecular weight is 279 g/mol. The molecule has 0 aliphatic rings. The molecule has 0 bridgehead atoms. The minimum absolute atomic E-state index is 0.0540. The summed E-state index contributed by atoms with van der Waals surface area (Å²) in [4.78, 5) is 11.1. The summed E-state index contributed by atoms with van der Waals surface area (Å²) in [7, 11) is 0. The van der Waals surface area contributed by atoms with Crippen LogP contribution in [0.3, 0.4) is 0 Å². The van der Waals surface area contributed by atoms with Crippen molar-refractivity contribution in [2.24, 2.45) is 5.73 Å². The predicted molar refractivity (Wildman–Crippen MR) is 79.5 cm³/mol. The lowest BCUT2D eigenvalue weighted by Gasteiger charge is -2.20. The fourth-order valence-corrected chi connectivity index (χ4v) is 1.80. The van der Waals surface area contributed by atoms with E-state index in [0.29, 0.717) is 13.2 Å². The number of carbonyl (C=O) groups is 1. The molecule has 1 aromatic rings. The molecule has 0 saturated heterocycles. The second-order valence-electron chi connectivity index (χ2n) is 5.80. The van der Waals surface area contributed by atoms with Gasteiger partial charge >= 0.3 is 5.97 Å². The third-order valence-corrected chi connectivity index (χ3v) is 3.03. The van der Waals surface area contributed by atoms with Crippen molar-refractivity contribution in [2.75, 3.05) is 19.8 Å². The highest BCUT2D eigenvalue weighted by Crippen LogP contribution is 2.23. The molecule has 0 heterocycles. The van der Waals surface area contributed by atoms with Gasteiger partial charge in [-0.15, -0.1) is 0 Å². The summed E-state index contributed by atoms with van der Waals surface area (Å²) in [6.45, 7) is 8.89. The van der Waals surface area contributed by atoms with Crippen LogP contribution in [0.25, 0.3) is 0 Å². The smallest absolute Gasteiger partial charge is 0.332 e. The molecule has 4 nitrogen and oxygen atoms in total. The molecule has 0 amide bonds. The van der Waals surface area contributed by atoms with Crippen LogP contribution in [0.5, 0.6) is 0 Å². The summed E-state index contributed by atoms with van der Waals surface area (Å²) in [5, 5.41) is 0. The van der Waals surface area contributed by atoms with E-state index in [1.165, 1.54) is 5.56 Å². The molecule has 1 rings (SSSR count). The summed E-state index contributed by atoms with van der Waals surface area (Å²) >= 11 is 0. The lowest BCUT2D eigenvalue weighted by atomic mass is 9.86. The molecule has 0 aromatic heterocycles. The van der Waals surface area contributed by atoms with E-state index in [0.717, 1.165) is 5.56 Å². The third kappa shape index (κ3) is 5.31. The Morgan fingerprint density at radius 2 is 1.85 bits per heavy atom. The minimum Gasteiger partial charge on any atom is -0.464 e. The number of rotatable bonds is 6. The van der Waals surface area contributed by atoms with Gasteiger partial charge in [-0.05, 0) is 23.5 Å². The van der Waals surface area contributed by atoms with Crippen molar-refractivity contribution in [3.8, 4) is 0 Å². The van der Waals surface area contributed by atoms with E-state index in [9.17, 15) is 4.79 Å². The second-order valence-corrected chi connectivity index (χ2v) is 5.80. The summed E-state index contributed by atoms with van der Waals surface area (Å²) in [6, 6.07) is 7.96. The van der Waals surface area contributed by atoms with Crippen LogP contribution in [0.1, 0.15) is 44.9 Å². The predicted octanol–water partition coefficient (Wildman–Crippen LogP) is 2.56. The van der Waals surface area contributed by atoms with E-state index < -0.39 is 0 Å². The SMILES string of the molecule is CCOC(=O)COCC(N)c1ccc(C(C)(C)C)cc1. The number of benzene rings is 1. The maximum absolute atomic E-state index is 11.1. The monoisotopic (exact) mass is 279 g/mol. The number of hydrogen-bond donors (Lipinski definition) is 1. The first-order valence-electron chi connectivity index (χ1n) is 6.94. The largest absolute Gasteiger partial charge is 0.464 e. The Kier molecular flexibility index (Phi) is 6.17. The van der Waals surface area contributed by atoms with Crippen molar-refractivity contribution in [1.82, 2.24) is 0 Å². The van der Waals surface area contributed by atoms with Crippen molar-refractivity contribution in [3.05, 3.63) is 35.4 Å². The topological polar surface area (TPSA) is 61.5 Å². The van der Waals surface area contributed by atoms with Gasteiger partial charge in [-0.2, -0.15) is 0 Å². The van der Waals surface area contributed by atoms with Gasteiger partial charge in [0.15, 0.2) is 0 Å². The molecule has 0 radical (unpaired) electrons. The van der Waals surface area contributed by atoms with E-state index in [-0.39, 0.29) is 24.0 Å². The van der Waals surface area contributed by atoms with Crippen LogP contribution >= 0.6 is 0 Å². The molecule has 0 aliphatic carbocycles. The standard InChI is InChI=1S/C16H25NO3/c1-5-20-15(18)11-19-10-14(17)12-6-8-13(9-7-12)16(2,3)4/h6-9,14H,5,10-11,17H2,1-4H3. The van der Waals surface area contributed by atoms with E-state index in [4.69, 9.17) is 15.2 Å². The van der Waals surface area contributed by atoms with Gasteiger partial charge in [-0.1, -0.05) is 45.0 Å². The molecule has 0 spiro atoms. The first-order chi connectivity index (χ1) is 9.34. The highest BCUT2D eigenvalue weighted by atomic mass is 16.6. The number of nitrogens with two attached hydrogens (primary N) is 1. The Bertz CT molecular complexity index is 420. The number of esters is 1. The van der Waals surface area contributed by atoms with Gasteiger partial charge in [-0.25, -0.2) is 4.79 Å². The fourth-order valence-electron chi connectivity index (χ4n) is 1.80. The molecule has 1 aromatic carbocycles. The Labute approximate surface area is 121 Å². The van der Waals surface area contributed by atoms with Crippen molar-refractivity contribution >= 4 is 5.97 Å².